The van der Waals surface area contributed by atoms with E-state index in [1.54, 1.807) is 7.11 Å². The summed E-state index contributed by atoms with van der Waals surface area (Å²) in [5.41, 5.74) is 7.57. The number of hydrogen-bond acceptors (Lipinski definition) is 2. The normalized spacial score (nSPS) is 18.0. The molecule has 3 heteroatoms. The van der Waals surface area contributed by atoms with Crippen LogP contribution in [0, 0.1) is 12.7 Å². The van der Waals surface area contributed by atoms with Gasteiger partial charge in [0, 0.05) is 11.6 Å². The Morgan fingerprint density at radius 1 is 1.43 bits per heavy atom. The maximum absolute atomic E-state index is 13.2. The van der Waals surface area contributed by atoms with Gasteiger partial charge in [-0.05, 0) is 37.0 Å². The van der Waals surface area contributed by atoms with Crippen molar-refractivity contribution >= 4 is 0 Å². The molecular weight excluding hydrogens is 181 g/mol. The van der Waals surface area contributed by atoms with Crippen LogP contribution in [-0.2, 0) is 5.54 Å². The second kappa shape index (κ2) is 2.95. The van der Waals surface area contributed by atoms with Crippen molar-refractivity contribution < 1.29 is 9.13 Å². The van der Waals surface area contributed by atoms with Crippen LogP contribution in [0.15, 0.2) is 12.1 Å². The molecule has 1 aromatic carbocycles. The van der Waals surface area contributed by atoms with Gasteiger partial charge in [0.15, 0.2) is 0 Å². The molecule has 1 fully saturated rings. The topological polar surface area (TPSA) is 35.2 Å². The first-order valence-corrected chi connectivity index (χ1v) is 4.70. The average molecular weight is 195 g/mol. The Labute approximate surface area is 82.9 Å². The lowest BCUT2D eigenvalue weighted by Gasteiger charge is -2.15. The molecule has 1 aliphatic carbocycles. The third kappa shape index (κ3) is 1.38. The Balaban J connectivity index is 2.54. The first-order chi connectivity index (χ1) is 6.57. The Hall–Kier alpha value is -1.09. The molecule has 0 amide bonds. The van der Waals surface area contributed by atoms with E-state index in [0.717, 1.165) is 24.0 Å². The molecule has 0 unspecified atom stereocenters. The molecule has 1 aromatic rings. The largest absolute Gasteiger partial charge is 0.496 e. The molecule has 0 saturated heterocycles. The number of benzene rings is 1. The van der Waals surface area contributed by atoms with E-state index in [2.05, 4.69) is 0 Å². The Bertz CT molecular complexity index is 372. The quantitative estimate of drug-likeness (QED) is 0.784. The highest BCUT2D eigenvalue weighted by Gasteiger charge is 2.41. The molecule has 2 rings (SSSR count). The number of nitrogens with two attached hydrogens (primary N) is 1. The van der Waals surface area contributed by atoms with Gasteiger partial charge in [0.05, 0.1) is 7.11 Å². The number of hydrogen-bond donors (Lipinski definition) is 1. The lowest BCUT2D eigenvalue weighted by atomic mass is 9.99. The zero-order valence-corrected chi connectivity index (χ0v) is 8.43. The molecule has 2 nitrogen and oxygen atoms in total. The van der Waals surface area contributed by atoms with E-state index in [-0.39, 0.29) is 11.4 Å². The Kier molecular flexibility index (Phi) is 2.00. The lowest BCUT2D eigenvalue weighted by Crippen LogP contribution is -2.20. The van der Waals surface area contributed by atoms with Crippen molar-refractivity contribution in [2.24, 2.45) is 5.73 Å². The van der Waals surface area contributed by atoms with E-state index >= 15 is 0 Å². The van der Waals surface area contributed by atoms with Crippen LogP contribution in [0.4, 0.5) is 4.39 Å². The van der Waals surface area contributed by atoms with Gasteiger partial charge in [-0.1, -0.05) is 0 Å². The van der Waals surface area contributed by atoms with Crippen molar-refractivity contribution in [3.8, 4) is 5.75 Å². The van der Waals surface area contributed by atoms with Crippen LogP contribution < -0.4 is 10.5 Å². The van der Waals surface area contributed by atoms with Crippen LogP contribution in [0.25, 0.3) is 0 Å². The van der Waals surface area contributed by atoms with Crippen molar-refractivity contribution in [2.45, 2.75) is 25.3 Å². The summed E-state index contributed by atoms with van der Waals surface area (Å²) in [5.74, 6) is 0.302. The standard InChI is InChI=1S/C11H14FNO/c1-7-9(11(13)3-4-11)5-8(12)6-10(7)14-2/h5-6H,3-4,13H2,1-2H3. The lowest BCUT2D eigenvalue weighted by molar-refractivity contribution is 0.406. The van der Waals surface area contributed by atoms with Crippen molar-refractivity contribution in [3.63, 3.8) is 0 Å². The number of rotatable bonds is 2. The third-order valence-corrected chi connectivity index (χ3v) is 2.87. The summed E-state index contributed by atoms with van der Waals surface area (Å²) in [4.78, 5) is 0. The van der Waals surface area contributed by atoms with Gasteiger partial charge in [0.1, 0.15) is 11.6 Å². The fraction of sp³-hybridized carbons (Fsp3) is 0.455. The van der Waals surface area contributed by atoms with Crippen LogP contribution in [0.2, 0.25) is 0 Å². The van der Waals surface area contributed by atoms with Crippen molar-refractivity contribution in [3.05, 3.63) is 29.1 Å². The molecule has 2 N–H and O–H groups in total. The Morgan fingerprint density at radius 2 is 2.07 bits per heavy atom. The van der Waals surface area contributed by atoms with E-state index < -0.39 is 0 Å². The van der Waals surface area contributed by atoms with Crippen molar-refractivity contribution in [2.75, 3.05) is 7.11 Å². The van der Waals surface area contributed by atoms with Gasteiger partial charge in [-0.2, -0.15) is 0 Å². The van der Waals surface area contributed by atoms with Crippen LogP contribution in [0.1, 0.15) is 24.0 Å². The summed E-state index contributed by atoms with van der Waals surface area (Å²) in [6.45, 7) is 1.92. The first kappa shape index (κ1) is 9.46. The highest BCUT2D eigenvalue weighted by molar-refractivity contribution is 5.45. The van der Waals surface area contributed by atoms with Gasteiger partial charge >= 0.3 is 0 Å². The highest BCUT2D eigenvalue weighted by atomic mass is 19.1. The molecule has 1 aliphatic rings. The molecule has 0 spiro atoms. The van der Waals surface area contributed by atoms with Gasteiger partial charge < -0.3 is 10.5 Å². The van der Waals surface area contributed by atoms with E-state index in [9.17, 15) is 4.39 Å². The SMILES string of the molecule is COc1cc(F)cc(C2(N)CC2)c1C. The zero-order chi connectivity index (χ0) is 10.3. The molecule has 0 radical (unpaired) electrons. The maximum atomic E-state index is 13.2. The minimum absolute atomic E-state index is 0.279. The second-order valence-corrected chi connectivity index (χ2v) is 3.94. The zero-order valence-electron chi connectivity index (χ0n) is 8.43. The van der Waals surface area contributed by atoms with Gasteiger partial charge in [-0.15, -0.1) is 0 Å². The molecule has 0 atom stereocenters. The summed E-state index contributed by atoms with van der Waals surface area (Å²) in [7, 11) is 1.54. The van der Waals surface area contributed by atoms with Crippen LogP contribution in [-0.4, -0.2) is 7.11 Å². The number of ether oxygens (including phenoxy) is 1. The van der Waals surface area contributed by atoms with Crippen LogP contribution >= 0.6 is 0 Å². The van der Waals surface area contributed by atoms with E-state index in [0.29, 0.717) is 5.75 Å². The molecule has 0 aliphatic heterocycles. The van der Waals surface area contributed by atoms with Gasteiger partial charge in [-0.3, -0.25) is 0 Å². The summed E-state index contributed by atoms with van der Waals surface area (Å²) >= 11 is 0. The first-order valence-electron chi connectivity index (χ1n) is 4.70. The number of halogens is 1. The monoisotopic (exact) mass is 195 g/mol. The molecule has 0 aromatic heterocycles. The number of methoxy groups -OCH3 is 1. The smallest absolute Gasteiger partial charge is 0.127 e. The summed E-state index contributed by atoms with van der Waals surface area (Å²) in [6, 6.07) is 2.91. The molecule has 0 heterocycles. The minimum atomic E-state index is -0.306. The van der Waals surface area contributed by atoms with Gasteiger partial charge in [0.25, 0.3) is 0 Å². The van der Waals surface area contributed by atoms with Crippen LogP contribution in [0.3, 0.4) is 0 Å². The fourth-order valence-corrected chi connectivity index (χ4v) is 1.79. The summed E-state index contributed by atoms with van der Waals surface area (Å²) in [6.07, 6.45) is 1.86. The van der Waals surface area contributed by atoms with Gasteiger partial charge in [-0.25, -0.2) is 4.39 Å². The third-order valence-electron chi connectivity index (χ3n) is 2.87. The maximum Gasteiger partial charge on any atom is 0.127 e. The summed E-state index contributed by atoms with van der Waals surface area (Å²) in [5, 5.41) is 0. The highest BCUT2D eigenvalue weighted by Crippen LogP contribution is 2.45. The fourth-order valence-electron chi connectivity index (χ4n) is 1.79. The predicted molar refractivity (Wildman–Crippen MR) is 52.8 cm³/mol. The van der Waals surface area contributed by atoms with Crippen molar-refractivity contribution in [1.29, 1.82) is 0 Å². The second-order valence-electron chi connectivity index (χ2n) is 3.94. The molecular formula is C11H14FNO. The van der Waals surface area contributed by atoms with Gasteiger partial charge in [0.2, 0.25) is 0 Å². The van der Waals surface area contributed by atoms with E-state index in [1.165, 1.54) is 12.1 Å². The molecule has 14 heavy (non-hydrogen) atoms. The van der Waals surface area contributed by atoms with Crippen LogP contribution in [0.5, 0.6) is 5.75 Å². The Morgan fingerprint density at radius 3 is 2.57 bits per heavy atom. The molecule has 0 bridgehead atoms. The predicted octanol–water partition coefficient (Wildman–Crippen LogP) is 2.09. The van der Waals surface area contributed by atoms with Crippen molar-refractivity contribution in [1.82, 2.24) is 0 Å². The van der Waals surface area contributed by atoms with E-state index in [4.69, 9.17) is 10.5 Å². The molecule has 76 valence electrons. The minimum Gasteiger partial charge on any atom is -0.496 e. The summed E-state index contributed by atoms with van der Waals surface area (Å²) < 4.78 is 18.3. The average Bonchev–Trinajstić information content (AvgIpc) is 2.88. The molecule has 1 saturated carbocycles. The van der Waals surface area contributed by atoms with E-state index in [1.807, 2.05) is 6.92 Å².